The lowest BCUT2D eigenvalue weighted by atomic mass is 10.0. The molecule has 116 valence electrons. The Morgan fingerprint density at radius 3 is 2.43 bits per heavy atom. The van der Waals surface area contributed by atoms with Crippen molar-refractivity contribution in [2.75, 3.05) is 32.7 Å². The van der Waals surface area contributed by atoms with Crippen LogP contribution in [0.25, 0.3) is 0 Å². The molecule has 0 bridgehead atoms. The summed E-state index contributed by atoms with van der Waals surface area (Å²) in [5, 5.41) is 8.00. The summed E-state index contributed by atoms with van der Waals surface area (Å²) in [5.74, 6) is 2.60. The topological polar surface area (TPSA) is 48.3 Å². The van der Waals surface area contributed by atoms with Crippen molar-refractivity contribution in [2.24, 2.45) is 10.2 Å². The van der Waals surface area contributed by atoms with E-state index in [2.05, 4.69) is 16.1 Å². The molecule has 0 aromatic carbocycles. The zero-order valence-electron chi connectivity index (χ0n) is 12.0. The Morgan fingerprint density at radius 1 is 1.24 bits per heavy atom. The minimum Gasteiger partial charge on any atom is -0.340 e. The van der Waals surface area contributed by atoms with Gasteiger partial charge >= 0.3 is 0 Å². The van der Waals surface area contributed by atoms with Gasteiger partial charge in [-0.05, 0) is 0 Å². The van der Waals surface area contributed by atoms with Crippen molar-refractivity contribution in [2.45, 2.75) is 37.8 Å². The van der Waals surface area contributed by atoms with Gasteiger partial charge in [-0.1, -0.05) is 0 Å². The molecule has 0 spiro atoms. The molecule has 0 unspecified atom stereocenters. The van der Waals surface area contributed by atoms with Crippen LogP contribution in [0.4, 0.5) is 8.78 Å². The van der Waals surface area contributed by atoms with Crippen LogP contribution in [0.3, 0.4) is 0 Å². The molecule has 21 heavy (non-hydrogen) atoms. The van der Waals surface area contributed by atoms with Crippen molar-refractivity contribution < 1.29 is 13.6 Å². The Balaban J connectivity index is 1.67. The normalized spacial score (nSPS) is 20.6. The van der Waals surface area contributed by atoms with Crippen molar-refractivity contribution in [3.63, 3.8) is 0 Å². The van der Waals surface area contributed by atoms with E-state index in [0.717, 1.165) is 0 Å². The van der Waals surface area contributed by atoms with Crippen LogP contribution in [0, 0.1) is 12.3 Å². The molecule has 1 fully saturated rings. The predicted octanol–water partition coefficient (Wildman–Crippen LogP) is 1.75. The Bertz CT molecular complexity index is 433. The molecule has 1 saturated heterocycles. The summed E-state index contributed by atoms with van der Waals surface area (Å²) >= 11 is 0. The average Bonchev–Trinajstić information content (AvgIpc) is 3.23. The maximum Gasteiger partial charge on any atom is 0.251 e. The minimum absolute atomic E-state index is 0.0454. The quantitative estimate of drug-likeness (QED) is 0.672. The Kier molecular flexibility index (Phi) is 5.23. The van der Waals surface area contributed by atoms with Crippen LogP contribution in [-0.2, 0) is 4.79 Å². The van der Waals surface area contributed by atoms with Gasteiger partial charge in [-0.3, -0.25) is 9.69 Å². The second kappa shape index (κ2) is 6.94. The highest BCUT2D eigenvalue weighted by Gasteiger charge is 2.39. The van der Waals surface area contributed by atoms with Crippen molar-refractivity contribution in [1.82, 2.24) is 9.80 Å². The zero-order chi connectivity index (χ0) is 15.3. The average molecular weight is 298 g/mol. The predicted molar refractivity (Wildman–Crippen MR) is 73.9 cm³/mol. The summed E-state index contributed by atoms with van der Waals surface area (Å²) < 4.78 is 24.6. The van der Waals surface area contributed by atoms with Gasteiger partial charge in [-0.25, -0.2) is 8.78 Å². The number of rotatable bonds is 7. The SMILES string of the molecule is C#CCCC1(CCC(=O)N2CCN(CC(F)F)CC2)N=N1. The van der Waals surface area contributed by atoms with Crippen LogP contribution >= 0.6 is 0 Å². The van der Waals surface area contributed by atoms with E-state index in [1.54, 1.807) is 9.80 Å². The first-order valence-corrected chi connectivity index (χ1v) is 7.20. The number of nitrogens with zero attached hydrogens (tertiary/aromatic N) is 4. The van der Waals surface area contributed by atoms with Gasteiger partial charge in [0.15, 0.2) is 5.66 Å². The Hall–Kier alpha value is -1.55. The maximum absolute atomic E-state index is 12.3. The molecule has 2 aliphatic heterocycles. The highest BCUT2D eigenvalue weighted by molar-refractivity contribution is 5.76. The van der Waals surface area contributed by atoms with E-state index >= 15 is 0 Å². The van der Waals surface area contributed by atoms with Gasteiger partial charge in [-0.2, -0.15) is 10.2 Å². The molecule has 2 heterocycles. The van der Waals surface area contributed by atoms with Gasteiger partial charge in [0.25, 0.3) is 6.43 Å². The molecule has 2 aliphatic rings. The minimum atomic E-state index is -2.32. The molecule has 5 nitrogen and oxygen atoms in total. The monoisotopic (exact) mass is 298 g/mol. The van der Waals surface area contributed by atoms with Gasteiger partial charge in [0.1, 0.15) is 0 Å². The number of hydrogen-bond acceptors (Lipinski definition) is 4. The number of halogens is 2. The highest BCUT2D eigenvalue weighted by atomic mass is 19.3. The van der Waals surface area contributed by atoms with Crippen LogP contribution in [0.15, 0.2) is 10.2 Å². The van der Waals surface area contributed by atoms with Gasteiger partial charge < -0.3 is 4.90 Å². The Labute approximate surface area is 123 Å². The fraction of sp³-hybridized carbons (Fsp3) is 0.786. The first-order valence-electron chi connectivity index (χ1n) is 7.20. The van der Waals surface area contributed by atoms with E-state index in [1.807, 2.05) is 0 Å². The molecular weight excluding hydrogens is 278 g/mol. The van der Waals surface area contributed by atoms with Crippen molar-refractivity contribution in [3.8, 4) is 12.3 Å². The molecule has 0 radical (unpaired) electrons. The fourth-order valence-electron chi connectivity index (χ4n) is 2.51. The van der Waals surface area contributed by atoms with Gasteiger partial charge in [0.05, 0.1) is 6.54 Å². The number of alkyl halides is 2. The van der Waals surface area contributed by atoms with Crippen molar-refractivity contribution >= 4 is 5.91 Å². The summed E-state index contributed by atoms with van der Waals surface area (Å²) in [4.78, 5) is 15.5. The van der Waals surface area contributed by atoms with E-state index in [9.17, 15) is 13.6 Å². The summed E-state index contributed by atoms with van der Waals surface area (Å²) in [6, 6.07) is 0. The number of hydrogen-bond donors (Lipinski definition) is 0. The first-order chi connectivity index (χ1) is 10.0. The fourth-order valence-corrected chi connectivity index (χ4v) is 2.51. The highest BCUT2D eigenvalue weighted by Crippen LogP contribution is 2.37. The van der Waals surface area contributed by atoms with E-state index in [4.69, 9.17) is 6.42 Å². The van der Waals surface area contributed by atoms with E-state index in [0.29, 0.717) is 51.9 Å². The van der Waals surface area contributed by atoms with Crippen LogP contribution in [0.1, 0.15) is 25.7 Å². The molecule has 0 aromatic rings. The number of carbonyl (C=O) groups is 1. The molecule has 1 amide bonds. The number of amides is 1. The first kappa shape index (κ1) is 15.8. The molecule has 2 rings (SSSR count). The van der Waals surface area contributed by atoms with E-state index in [-0.39, 0.29) is 12.5 Å². The largest absolute Gasteiger partial charge is 0.340 e. The van der Waals surface area contributed by atoms with E-state index < -0.39 is 12.1 Å². The van der Waals surface area contributed by atoms with E-state index in [1.165, 1.54) is 0 Å². The van der Waals surface area contributed by atoms with Crippen LogP contribution < -0.4 is 0 Å². The second-order valence-corrected chi connectivity index (χ2v) is 5.46. The summed E-state index contributed by atoms with van der Waals surface area (Å²) in [7, 11) is 0. The van der Waals surface area contributed by atoms with Gasteiger partial charge in [0.2, 0.25) is 5.91 Å². The standard InChI is InChI=1S/C14H20F2N4O/c1-2-3-5-14(17-18-14)6-4-13(21)20-9-7-19(8-10-20)11-12(15)16/h1,12H,3-11H2. The lowest BCUT2D eigenvalue weighted by Gasteiger charge is -2.34. The molecule has 0 atom stereocenters. The molecule has 7 heteroatoms. The van der Waals surface area contributed by atoms with Crippen LogP contribution in [-0.4, -0.2) is 60.5 Å². The third-order valence-electron chi connectivity index (χ3n) is 3.91. The molecule has 0 saturated carbocycles. The summed E-state index contributed by atoms with van der Waals surface area (Å²) in [5.41, 5.74) is -0.431. The lowest BCUT2D eigenvalue weighted by Crippen LogP contribution is -2.49. The molecule has 0 aliphatic carbocycles. The number of terminal acetylenes is 1. The molecule has 0 N–H and O–H groups in total. The Morgan fingerprint density at radius 2 is 1.90 bits per heavy atom. The van der Waals surface area contributed by atoms with Gasteiger partial charge in [0, 0.05) is 51.9 Å². The molecular formula is C14H20F2N4O. The van der Waals surface area contributed by atoms with Crippen molar-refractivity contribution in [3.05, 3.63) is 0 Å². The van der Waals surface area contributed by atoms with Crippen LogP contribution in [0.5, 0.6) is 0 Å². The third-order valence-corrected chi connectivity index (χ3v) is 3.91. The summed E-state index contributed by atoms with van der Waals surface area (Å²) in [6.07, 6.45) is 5.17. The second-order valence-electron chi connectivity index (χ2n) is 5.46. The van der Waals surface area contributed by atoms with Gasteiger partial charge in [-0.15, -0.1) is 12.3 Å². The van der Waals surface area contributed by atoms with Crippen LogP contribution in [0.2, 0.25) is 0 Å². The lowest BCUT2D eigenvalue weighted by molar-refractivity contribution is -0.133. The number of piperazine rings is 1. The third kappa shape index (κ3) is 4.74. The number of carbonyl (C=O) groups excluding carboxylic acids is 1. The summed E-state index contributed by atoms with van der Waals surface area (Å²) in [6.45, 7) is 1.82. The zero-order valence-corrected chi connectivity index (χ0v) is 12.0. The molecule has 0 aromatic heterocycles. The maximum atomic E-state index is 12.3. The van der Waals surface area contributed by atoms with Crippen molar-refractivity contribution in [1.29, 1.82) is 0 Å². The smallest absolute Gasteiger partial charge is 0.251 e.